The first kappa shape index (κ1) is 24.8. The summed E-state index contributed by atoms with van der Waals surface area (Å²) in [6, 6.07) is 9.53. The van der Waals surface area contributed by atoms with Crippen molar-refractivity contribution in [3.05, 3.63) is 41.0 Å². The van der Waals surface area contributed by atoms with E-state index in [-0.39, 0.29) is 23.6 Å². The number of thioether (sulfide) groups is 1. The van der Waals surface area contributed by atoms with Crippen LogP contribution in [0.15, 0.2) is 35.5 Å². The molecule has 2 fully saturated rings. The molecule has 1 aromatic carbocycles. The van der Waals surface area contributed by atoms with Crippen LogP contribution in [-0.4, -0.2) is 58.1 Å². The van der Waals surface area contributed by atoms with Crippen LogP contribution in [0.2, 0.25) is 5.15 Å². The summed E-state index contributed by atoms with van der Waals surface area (Å²) in [5.41, 5.74) is 1.90. The average Bonchev–Trinajstić information content (AvgIpc) is 2.84. The van der Waals surface area contributed by atoms with Gasteiger partial charge in [-0.25, -0.2) is 9.97 Å². The van der Waals surface area contributed by atoms with E-state index in [1.165, 1.54) is 18.2 Å². The number of carbonyl (C=O) groups is 2. The van der Waals surface area contributed by atoms with Crippen LogP contribution >= 0.6 is 23.4 Å². The summed E-state index contributed by atoms with van der Waals surface area (Å²) in [5, 5.41) is 3.70. The van der Waals surface area contributed by atoms with Gasteiger partial charge in [0.15, 0.2) is 5.16 Å². The summed E-state index contributed by atoms with van der Waals surface area (Å²) in [6.07, 6.45) is 5.60. The van der Waals surface area contributed by atoms with Crippen LogP contribution in [0.25, 0.3) is 0 Å². The molecular weight excluding hydrogens is 470 g/mol. The van der Waals surface area contributed by atoms with Crippen molar-refractivity contribution >= 4 is 46.7 Å². The van der Waals surface area contributed by atoms with Gasteiger partial charge in [0.2, 0.25) is 11.8 Å². The number of hydrogen-bond donors (Lipinski definition) is 1. The molecule has 1 atom stereocenters. The number of aryl methyl sites for hydroxylation is 1. The van der Waals surface area contributed by atoms with Crippen LogP contribution in [0.3, 0.4) is 0 Å². The van der Waals surface area contributed by atoms with E-state index < -0.39 is 0 Å². The lowest BCUT2D eigenvalue weighted by molar-refractivity contribution is -0.139. The molecule has 182 valence electrons. The normalized spacial score (nSPS) is 19.2. The highest BCUT2D eigenvalue weighted by molar-refractivity contribution is 7.99. The number of carbonyl (C=O) groups excluding carboxylic acids is 2. The lowest BCUT2D eigenvalue weighted by Crippen LogP contribution is -2.55. The Labute approximate surface area is 210 Å². The summed E-state index contributed by atoms with van der Waals surface area (Å²) >= 11 is 7.55. The van der Waals surface area contributed by atoms with Gasteiger partial charge in [0.1, 0.15) is 11.0 Å². The minimum atomic E-state index is -0.123. The van der Waals surface area contributed by atoms with Gasteiger partial charge < -0.3 is 15.1 Å². The molecule has 7 nitrogen and oxygen atoms in total. The summed E-state index contributed by atoms with van der Waals surface area (Å²) in [4.78, 5) is 38.5. The van der Waals surface area contributed by atoms with Crippen molar-refractivity contribution in [2.75, 3.05) is 35.6 Å². The van der Waals surface area contributed by atoms with E-state index in [1.807, 2.05) is 36.1 Å². The monoisotopic (exact) mass is 501 g/mol. The Hall–Kier alpha value is -2.32. The first-order valence-electron chi connectivity index (χ1n) is 12.0. The molecule has 1 aliphatic heterocycles. The number of halogens is 1. The minimum absolute atomic E-state index is 0.105. The van der Waals surface area contributed by atoms with Crippen LogP contribution < -0.4 is 10.2 Å². The number of piperazine rings is 1. The Kier molecular flexibility index (Phi) is 8.32. The maximum atomic E-state index is 13.0. The summed E-state index contributed by atoms with van der Waals surface area (Å²) in [5.74, 6) is 1.29. The Bertz CT molecular complexity index is 1010. The standard InChI is InChI=1S/C25H32ClN5O2S/c1-17-8-10-20(11-9-17)27-23(32)16-34-25-28-21(26)14-22(29-25)30-12-13-31(18(2)15-30)24(33)19-6-4-3-5-7-19/h8-11,14,18-19H,3-7,12-13,15-16H2,1-2H3,(H,27,32)/t18-/m1/s1. The third-order valence-electron chi connectivity index (χ3n) is 6.52. The Morgan fingerprint density at radius 3 is 2.56 bits per heavy atom. The van der Waals surface area contributed by atoms with E-state index in [0.717, 1.165) is 42.8 Å². The number of rotatable bonds is 6. The van der Waals surface area contributed by atoms with Crippen molar-refractivity contribution < 1.29 is 9.59 Å². The Morgan fingerprint density at radius 2 is 1.85 bits per heavy atom. The molecule has 2 aliphatic rings. The molecule has 1 saturated carbocycles. The summed E-state index contributed by atoms with van der Waals surface area (Å²) in [6.45, 7) is 6.18. The van der Waals surface area contributed by atoms with Gasteiger partial charge in [-0.1, -0.05) is 60.3 Å². The van der Waals surface area contributed by atoms with Gasteiger partial charge in [0.05, 0.1) is 5.75 Å². The third kappa shape index (κ3) is 6.42. The number of aromatic nitrogens is 2. The minimum Gasteiger partial charge on any atom is -0.353 e. The van der Waals surface area contributed by atoms with E-state index in [0.29, 0.717) is 35.9 Å². The van der Waals surface area contributed by atoms with Crippen molar-refractivity contribution in [1.82, 2.24) is 14.9 Å². The number of benzene rings is 1. The molecule has 0 radical (unpaired) electrons. The molecule has 1 aromatic heterocycles. The quantitative estimate of drug-likeness (QED) is 0.348. The summed E-state index contributed by atoms with van der Waals surface area (Å²) in [7, 11) is 0. The third-order valence-corrected chi connectivity index (χ3v) is 7.56. The number of amides is 2. The fourth-order valence-electron chi connectivity index (χ4n) is 4.65. The highest BCUT2D eigenvalue weighted by Crippen LogP contribution is 2.28. The topological polar surface area (TPSA) is 78.4 Å². The predicted octanol–water partition coefficient (Wildman–Crippen LogP) is 4.79. The van der Waals surface area contributed by atoms with E-state index in [2.05, 4.69) is 27.1 Å². The molecule has 1 aliphatic carbocycles. The molecule has 9 heteroatoms. The lowest BCUT2D eigenvalue weighted by Gasteiger charge is -2.42. The highest BCUT2D eigenvalue weighted by atomic mass is 35.5. The second-order valence-corrected chi connectivity index (χ2v) is 10.5. The van der Waals surface area contributed by atoms with E-state index >= 15 is 0 Å². The first-order chi connectivity index (χ1) is 16.4. The number of hydrogen-bond acceptors (Lipinski definition) is 6. The van der Waals surface area contributed by atoms with Crippen molar-refractivity contribution in [1.29, 1.82) is 0 Å². The predicted molar refractivity (Wildman–Crippen MR) is 138 cm³/mol. The second kappa shape index (κ2) is 11.4. The van der Waals surface area contributed by atoms with Crippen molar-refractivity contribution in [2.24, 2.45) is 5.92 Å². The molecule has 2 aromatic rings. The van der Waals surface area contributed by atoms with Crippen molar-refractivity contribution in [2.45, 2.75) is 57.1 Å². The second-order valence-electron chi connectivity index (χ2n) is 9.20. The van der Waals surface area contributed by atoms with Crippen molar-refractivity contribution in [3.8, 4) is 0 Å². The lowest BCUT2D eigenvalue weighted by atomic mass is 9.88. The molecule has 4 rings (SSSR count). The van der Waals surface area contributed by atoms with Gasteiger partial charge in [-0.3, -0.25) is 9.59 Å². The number of nitrogens with one attached hydrogen (secondary N) is 1. The Morgan fingerprint density at radius 1 is 1.12 bits per heavy atom. The fourth-order valence-corrected chi connectivity index (χ4v) is 5.53. The fraction of sp³-hybridized carbons (Fsp3) is 0.520. The maximum absolute atomic E-state index is 13.0. The van der Waals surface area contributed by atoms with Gasteiger partial charge in [0, 0.05) is 43.3 Å². The van der Waals surface area contributed by atoms with Crippen LogP contribution in [0.4, 0.5) is 11.5 Å². The van der Waals surface area contributed by atoms with Gasteiger partial charge in [-0.15, -0.1) is 0 Å². The van der Waals surface area contributed by atoms with Crippen LogP contribution in [0, 0.1) is 12.8 Å². The smallest absolute Gasteiger partial charge is 0.234 e. The van der Waals surface area contributed by atoms with Crippen LogP contribution in [-0.2, 0) is 9.59 Å². The number of anilines is 2. The molecule has 2 amide bonds. The van der Waals surface area contributed by atoms with E-state index in [1.54, 1.807) is 6.07 Å². The SMILES string of the molecule is Cc1ccc(NC(=O)CSc2nc(Cl)cc(N3CCN(C(=O)C4CCCCC4)[C@H](C)C3)n2)cc1. The molecule has 0 bridgehead atoms. The van der Waals surface area contributed by atoms with E-state index in [9.17, 15) is 9.59 Å². The van der Waals surface area contributed by atoms with E-state index in [4.69, 9.17) is 11.6 Å². The summed E-state index contributed by atoms with van der Waals surface area (Å²) < 4.78 is 0. The maximum Gasteiger partial charge on any atom is 0.234 e. The highest BCUT2D eigenvalue weighted by Gasteiger charge is 2.33. The molecule has 0 spiro atoms. The zero-order valence-corrected chi connectivity index (χ0v) is 21.4. The molecular formula is C25H32ClN5O2S. The largest absolute Gasteiger partial charge is 0.353 e. The van der Waals surface area contributed by atoms with Gasteiger partial charge in [-0.05, 0) is 38.8 Å². The zero-order chi connectivity index (χ0) is 24.1. The molecule has 0 unspecified atom stereocenters. The molecule has 34 heavy (non-hydrogen) atoms. The molecule has 2 heterocycles. The van der Waals surface area contributed by atoms with Crippen molar-refractivity contribution in [3.63, 3.8) is 0 Å². The van der Waals surface area contributed by atoms with Crippen LogP contribution in [0.5, 0.6) is 0 Å². The average molecular weight is 502 g/mol. The van der Waals surface area contributed by atoms with Crippen LogP contribution in [0.1, 0.15) is 44.6 Å². The number of nitrogens with zero attached hydrogens (tertiary/aromatic N) is 4. The Balaban J connectivity index is 1.34. The molecule has 1 saturated heterocycles. The molecule has 1 N–H and O–H groups in total. The first-order valence-corrected chi connectivity index (χ1v) is 13.3. The van der Waals surface area contributed by atoms with Gasteiger partial charge in [-0.2, -0.15) is 0 Å². The zero-order valence-electron chi connectivity index (χ0n) is 19.8. The van der Waals surface area contributed by atoms with Gasteiger partial charge >= 0.3 is 0 Å². The van der Waals surface area contributed by atoms with Gasteiger partial charge in [0.25, 0.3) is 0 Å².